The molecule has 2 aromatic carbocycles. The number of ketones is 2. The highest BCUT2D eigenvalue weighted by Crippen LogP contribution is 2.56. The van der Waals surface area contributed by atoms with E-state index in [4.69, 9.17) is 5.73 Å². The predicted octanol–water partition coefficient (Wildman–Crippen LogP) is 3.33. The van der Waals surface area contributed by atoms with E-state index in [-0.39, 0.29) is 23.8 Å². The Morgan fingerprint density at radius 3 is 2.00 bits per heavy atom. The molecule has 13 nitrogen and oxygen atoms in total. The SMILES string of the molecule is CC1c2ccc(NC(=O)Nc3cc(C(F)(F)F)cc(C(F)(F)F)c3)c(O)c2C(=O)C2=C(O)C3(O)C(=O)C(C(N)=O)=C(O)C(N(C)C)C3C(O)C21. The number of hydrogen-bond donors (Lipinski definition) is 8. The number of aromatic hydroxyl groups is 1. The summed E-state index contributed by atoms with van der Waals surface area (Å²) in [5.41, 5.74) is -5.28. The van der Waals surface area contributed by atoms with Crippen molar-refractivity contribution in [1.82, 2.24) is 4.90 Å². The lowest BCUT2D eigenvalue weighted by molar-refractivity contribution is -0.162. The number of rotatable bonds is 4. The van der Waals surface area contributed by atoms with E-state index in [1.54, 1.807) is 5.32 Å². The zero-order valence-corrected chi connectivity index (χ0v) is 25.9. The lowest BCUT2D eigenvalue weighted by Gasteiger charge is -2.53. The van der Waals surface area contributed by atoms with Gasteiger partial charge in [-0.1, -0.05) is 13.0 Å². The van der Waals surface area contributed by atoms with Crippen LogP contribution in [0.4, 0.5) is 42.5 Å². The average molecular weight is 715 g/mol. The van der Waals surface area contributed by atoms with Crippen molar-refractivity contribution >= 4 is 34.9 Å². The highest BCUT2D eigenvalue weighted by molar-refractivity contribution is 6.25. The van der Waals surface area contributed by atoms with Crippen LogP contribution in [0.25, 0.3) is 0 Å². The third-order valence-electron chi connectivity index (χ3n) is 9.23. The van der Waals surface area contributed by atoms with Crippen molar-refractivity contribution in [3.8, 4) is 5.75 Å². The number of halogens is 6. The molecule has 2 aromatic rings. The van der Waals surface area contributed by atoms with Crippen LogP contribution in [0.5, 0.6) is 5.75 Å². The second-order valence-electron chi connectivity index (χ2n) is 12.4. The number of amides is 3. The highest BCUT2D eigenvalue weighted by Gasteiger charge is 2.67. The Hall–Kier alpha value is -5.14. The Morgan fingerprint density at radius 1 is 0.940 bits per heavy atom. The number of nitrogens with one attached hydrogen (secondary N) is 2. The summed E-state index contributed by atoms with van der Waals surface area (Å²) >= 11 is 0. The van der Waals surface area contributed by atoms with Gasteiger partial charge in [0.15, 0.2) is 17.1 Å². The summed E-state index contributed by atoms with van der Waals surface area (Å²) in [6, 6.07) is -0.351. The summed E-state index contributed by atoms with van der Waals surface area (Å²) in [5.74, 6) is -11.7. The summed E-state index contributed by atoms with van der Waals surface area (Å²) in [4.78, 5) is 53.6. The predicted molar refractivity (Wildman–Crippen MR) is 159 cm³/mol. The quantitative estimate of drug-likeness (QED) is 0.131. The molecule has 3 amide bonds. The topological polar surface area (TPSA) is 223 Å². The molecule has 0 heterocycles. The van der Waals surface area contributed by atoms with Gasteiger partial charge in [-0.05, 0) is 49.8 Å². The lowest BCUT2D eigenvalue weighted by atomic mass is 9.55. The number of alkyl halides is 6. The van der Waals surface area contributed by atoms with Crippen LogP contribution in [-0.4, -0.2) is 85.8 Å². The number of anilines is 2. The van der Waals surface area contributed by atoms with Crippen LogP contribution in [0, 0.1) is 11.8 Å². The number of likely N-dealkylation sites (N-methyl/N-ethyl adjacent to an activating group) is 1. The van der Waals surface area contributed by atoms with Crippen molar-refractivity contribution in [2.45, 2.75) is 42.9 Å². The van der Waals surface area contributed by atoms with Gasteiger partial charge >= 0.3 is 18.4 Å². The number of aliphatic hydroxyl groups excluding tert-OH is 3. The van der Waals surface area contributed by atoms with Gasteiger partial charge in [-0.15, -0.1) is 0 Å². The van der Waals surface area contributed by atoms with Crippen LogP contribution < -0.4 is 16.4 Å². The fourth-order valence-corrected chi connectivity index (χ4v) is 7.04. The molecule has 3 aliphatic carbocycles. The van der Waals surface area contributed by atoms with Crippen LogP contribution in [0.15, 0.2) is 53.0 Å². The van der Waals surface area contributed by atoms with Crippen molar-refractivity contribution in [3.63, 3.8) is 0 Å². The van der Waals surface area contributed by atoms with Crippen LogP contribution >= 0.6 is 0 Å². The Bertz CT molecular complexity index is 1890. The average Bonchev–Trinajstić information content (AvgIpc) is 2.98. The van der Waals surface area contributed by atoms with Crippen molar-refractivity contribution in [1.29, 1.82) is 0 Å². The maximum absolute atomic E-state index is 14.0. The zero-order chi connectivity index (χ0) is 37.6. The summed E-state index contributed by atoms with van der Waals surface area (Å²) in [5, 5.41) is 60.7. The minimum Gasteiger partial charge on any atom is -0.510 e. The minimum absolute atomic E-state index is 0.0262. The number of carbonyl (C=O) groups excluding carboxylic acids is 4. The van der Waals surface area contributed by atoms with E-state index in [1.165, 1.54) is 32.0 Å². The largest absolute Gasteiger partial charge is 0.510 e. The minimum atomic E-state index is -5.21. The van der Waals surface area contributed by atoms with E-state index in [0.29, 0.717) is 0 Å². The van der Waals surface area contributed by atoms with Crippen LogP contribution in [0.3, 0.4) is 0 Å². The molecule has 0 saturated carbocycles. The number of Topliss-reactive ketones (excluding diaryl/α,β-unsaturated/α-hetero) is 2. The first-order chi connectivity index (χ1) is 22.9. The van der Waals surface area contributed by atoms with Gasteiger partial charge < -0.3 is 41.9 Å². The molecule has 6 unspecified atom stereocenters. The molecule has 0 aliphatic heterocycles. The molecule has 9 N–H and O–H groups in total. The maximum atomic E-state index is 14.0. The maximum Gasteiger partial charge on any atom is 0.416 e. The summed E-state index contributed by atoms with van der Waals surface area (Å²) < 4.78 is 79.6. The monoisotopic (exact) mass is 714 g/mol. The molecule has 0 fully saturated rings. The number of primary amides is 1. The number of benzene rings is 2. The number of fused-ring (bicyclic) bond motifs is 3. The Balaban J connectivity index is 1.56. The van der Waals surface area contributed by atoms with E-state index in [2.05, 4.69) is 0 Å². The zero-order valence-electron chi connectivity index (χ0n) is 25.9. The normalized spacial score (nSPS) is 26.8. The van der Waals surface area contributed by atoms with Crippen molar-refractivity contribution in [2.75, 3.05) is 24.7 Å². The third kappa shape index (κ3) is 5.41. The molecule has 3 aliphatic rings. The third-order valence-corrected chi connectivity index (χ3v) is 9.23. The highest BCUT2D eigenvalue weighted by atomic mass is 19.4. The van der Waals surface area contributed by atoms with E-state index in [9.17, 15) is 71.1 Å². The van der Waals surface area contributed by atoms with Gasteiger partial charge in [0.05, 0.1) is 40.4 Å². The molecular weight excluding hydrogens is 686 g/mol. The number of aliphatic hydroxyl groups is 4. The molecule has 0 radical (unpaired) electrons. The van der Waals surface area contributed by atoms with Gasteiger partial charge in [-0.25, -0.2) is 4.79 Å². The molecule has 19 heteroatoms. The summed E-state index contributed by atoms with van der Waals surface area (Å²) in [6.45, 7) is 1.45. The van der Waals surface area contributed by atoms with E-state index < -0.39 is 128 Å². The second-order valence-corrected chi connectivity index (χ2v) is 12.4. The number of urea groups is 1. The molecule has 0 spiro atoms. The second kappa shape index (κ2) is 11.7. The van der Waals surface area contributed by atoms with Crippen molar-refractivity contribution in [2.24, 2.45) is 17.6 Å². The van der Waals surface area contributed by atoms with Gasteiger partial charge in [-0.3, -0.25) is 19.3 Å². The summed E-state index contributed by atoms with van der Waals surface area (Å²) in [6.07, 6.45) is -12.3. The van der Waals surface area contributed by atoms with Crippen molar-refractivity contribution < 1.29 is 71.1 Å². The van der Waals surface area contributed by atoms with E-state index >= 15 is 0 Å². The molecule has 268 valence electrons. The Labute approximate surface area is 277 Å². The smallest absolute Gasteiger partial charge is 0.416 e. The van der Waals surface area contributed by atoms with Gasteiger partial charge in [0, 0.05) is 17.2 Å². The number of nitrogens with zero attached hydrogens (tertiary/aromatic N) is 1. The number of phenols is 1. The first-order valence-electron chi connectivity index (χ1n) is 14.5. The molecule has 5 rings (SSSR count). The van der Waals surface area contributed by atoms with Gasteiger partial charge in [-0.2, -0.15) is 26.3 Å². The Kier molecular flexibility index (Phi) is 8.48. The van der Waals surface area contributed by atoms with Gasteiger partial charge in [0.25, 0.3) is 5.91 Å². The van der Waals surface area contributed by atoms with Gasteiger partial charge in [0.1, 0.15) is 17.1 Å². The van der Waals surface area contributed by atoms with E-state index in [1.807, 2.05) is 5.32 Å². The standard InChI is InChI=1S/C31H28F6N4O9/c1-9-13-4-5-14(40-28(49)39-12-7-10(30(32,33)34)6-11(8-12)31(35,36)37)21(42)16(13)22(43)17-15(9)23(44)19-20(41(2)3)24(45)18(27(38)48)26(47)29(19,50)25(17)46/h4-9,15,19-20,23,42,44-46,50H,1-3H3,(H2,38,48)(H2,39,40,49). The molecule has 0 bridgehead atoms. The number of nitrogens with two attached hydrogens (primary N) is 1. The van der Waals surface area contributed by atoms with Crippen LogP contribution in [-0.2, 0) is 21.9 Å². The molecule has 0 aromatic heterocycles. The fraction of sp³-hybridized carbons (Fsp3) is 0.355. The van der Waals surface area contributed by atoms with Crippen LogP contribution in [0.2, 0.25) is 0 Å². The summed E-state index contributed by atoms with van der Waals surface area (Å²) in [7, 11) is 2.74. The molecule has 0 saturated heterocycles. The molecular formula is C31H28F6N4O9. The molecule has 6 atom stereocenters. The van der Waals surface area contributed by atoms with E-state index in [0.717, 1.165) is 6.07 Å². The Morgan fingerprint density at radius 2 is 1.50 bits per heavy atom. The van der Waals surface area contributed by atoms with Gasteiger partial charge in [0.2, 0.25) is 5.78 Å². The van der Waals surface area contributed by atoms with Crippen LogP contribution in [0.1, 0.15) is 39.9 Å². The number of phenolic OH excluding ortho intramolecular Hbond substituents is 1. The van der Waals surface area contributed by atoms with Crippen molar-refractivity contribution in [3.05, 3.63) is 75.3 Å². The lowest BCUT2D eigenvalue weighted by Crippen LogP contribution is -2.68. The molecule has 50 heavy (non-hydrogen) atoms. The first kappa shape index (κ1) is 36.1. The first-order valence-corrected chi connectivity index (χ1v) is 14.5. The number of hydrogen-bond acceptors (Lipinski definition) is 10. The fourth-order valence-electron chi connectivity index (χ4n) is 7.04. The number of carbonyl (C=O) groups is 4.